The normalized spacial score (nSPS) is 14.4. The summed E-state index contributed by atoms with van der Waals surface area (Å²) in [6.07, 6.45) is 0. The van der Waals surface area contributed by atoms with Crippen LogP contribution >= 0.6 is 0 Å². The van der Waals surface area contributed by atoms with Gasteiger partial charge in [0.25, 0.3) is 5.91 Å². The Kier molecular flexibility index (Phi) is 7.26. The monoisotopic (exact) mass is 447 g/mol. The molecule has 1 aliphatic rings. The van der Waals surface area contributed by atoms with Crippen LogP contribution in [0.2, 0.25) is 0 Å². The zero-order valence-corrected chi connectivity index (χ0v) is 18.2. The number of likely N-dealkylation sites (N-methyl/N-ethyl adjacent to an activating group) is 1. The van der Waals surface area contributed by atoms with Crippen LogP contribution in [0.1, 0.15) is 10.4 Å². The molecule has 1 saturated heterocycles. The predicted octanol–water partition coefficient (Wildman–Crippen LogP) is 1.43. The number of carbonyl (C=O) groups excluding carboxylic acids is 2. The molecule has 0 spiro atoms. The molecule has 10 heteroatoms. The summed E-state index contributed by atoms with van der Waals surface area (Å²) in [6, 6.07) is 12.6. The molecule has 2 aromatic carbocycles. The Hall–Kier alpha value is -2.95. The Balaban J connectivity index is 1.69. The average Bonchev–Trinajstić information content (AvgIpc) is 2.79. The number of amides is 2. The lowest BCUT2D eigenvalue weighted by molar-refractivity contribution is -0.116. The molecule has 0 unspecified atom stereocenters. The minimum absolute atomic E-state index is 0.0477. The summed E-state index contributed by atoms with van der Waals surface area (Å²) in [4.78, 5) is 27.1. The van der Waals surface area contributed by atoms with Crippen molar-refractivity contribution in [3.8, 4) is 5.75 Å². The number of hydrogen-bond acceptors (Lipinski definition) is 6. The Morgan fingerprint density at radius 3 is 2.39 bits per heavy atom. The van der Waals surface area contributed by atoms with Crippen LogP contribution in [-0.2, 0) is 19.6 Å². The molecule has 31 heavy (non-hydrogen) atoms. The van der Waals surface area contributed by atoms with E-state index < -0.39 is 22.5 Å². The molecule has 2 aromatic rings. The van der Waals surface area contributed by atoms with E-state index >= 15 is 0 Å². The molecule has 0 aromatic heterocycles. The highest BCUT2D eigenvalue weighted by molar-refractivity contribution is 7.89. The fourth-order valence-electron chi connectivity index (χ4n) is 3.12. The maximum absolute atomic E-state index is 12.8. The van der Waals surface area contributed by atoms with Crippen molar-refractivity contribution in [2.45, 2.75) is 4.90 Å². The number of para-hydroxylation sites is 1. The molecule has 0 bridgehead atoms. The third kappa shape index (κ3) is 5.40. The van der Waals surface area contributed by atoms with Crippen LogP contribution in [0.3, 0.4) is 0 Å². The summed E-state index contributed by atoms with van der Waals surface area (Å²) < 4.78 is 36.7. The lowest BCUT2D eigenvalue weighted by Gasteiger charge is -2.27. The second-order valence-electron chi connectivity index (χ2n) is 6.93. The van der Waals surface area contributed by atoms with E-state index in [0.29, 0.717) is 43.3 Å². The topological polar surface area (TPSA) is 105 Å². The van der Waals surface area contributed by atoms with Crippen LogP contribution in [0.5, 0.6) is 5.75 Å². The molecular formula is C21H25N3O6S. The first-order chi connectivity index (χ1) is 14.8. The predicted molar refractivity (Wildman–Crippen MR) is 115 cm³/mol. The zero-order chi connectivity index (χ0) is 22.4. The average molecular weight is 448 g/mol. The quantitative estimate of drug-likeness (QED) is 0.688. The first-order valence-corrected chi connectivity index (χ1v) is 11.1. The number of hydrogen-bond donors (Lipinski definition) is 1. The maximum atomic E-state index is 12.8. The van der Waals surface area contributed by atoms with E-state index in [1.165, 1.54) is 38.4 Å². The second kappa shape index (κ2) is 9.90. The number of methoxy groups -OCH3 is 1. The highest BCUT2D eigenvalue weighted by atomic mass is 32.2. The molecule has 166 valence electrons. The van der Waals surface area contributed by atoms with Crippen LogP contribution in [0, 0.1) is 0 Å². The molecule has 1 aliphatic heterocycles. The van der Waals surface area contributed by atoms with Gasteiger partial charge in [0.1, 0.15) is 5.75 Å². The SMILES string of the molecule is COc1ccc(S(=O)(=O)N(C)CC(=O)Nc2ccccc2C(=O)N2CCOCC2)cc1. The van der Waals surface area contributed by atoms with E-state index in [1.54, 1.807) is 29.2 Å². The molecule has 0 saturated carbocycles. The maximum Gasteiger partial charge on any atom is 0.256 e. The second-order valence-corrected chi connectivity index (χ2v) is 8.98. The van der Waals surface area contributed by atoms with E-state index in [0.717, 1.165) is 4.31 Å². The zero-order valence-electron chi connectivity index (χ0n) is 17.4. The van der Waals surface area contributed by atoms with Gasteiger partial charge in [0.05, 0.1) is 43.0 Å². The van der Waals surface area contributed by atoms with Crippen LogP contribution in [0.25, 0.3) is 0 Å². The fraction of sp³-hybridized carbons (Fsp3) is 0.333. The summed E-state index contributed by atoms with van der Waals surface area (Å²) in [5.74, 6) is -0.235. The van der Waals surface area contributed by atoms with E-state index in [1.807, 2.05) is 0 Å². The smallest absolute Gasteiger partial charge is 0.256 e. The van der Waals surface area contributed by atoms with Gasteiger partial charge in [-0.25, -0.2) is 8.42 Å². The lowest BCUT2D eigenvalue weighted by Crippen LogP contribution is -2.41. The third-order valence-electron chi connectivity index (χ3n) is 4.86. The van der Waals surface area contributed by atoms with Crippen LogP contribution in [0.15, 0.2) is 53.4 Å². The van der Waals surface area contributed by atoms with Crippen molar-refractivity contribution < 1.29 is 27.5 Å². The van der Waals surface area contributed by atoms with Crippen LogP contribution in [0.4, 0.5) is 5.69 Å². The van der Waals surface area contributed by atoms with Gasteiger partial charge >= 0.3 is 0 Å². The lowest BCUT2D eigenvalue weighted by atomic mass is 10.1. The molecule has 1 N–H and O–H groups in total. The molecular weight excluding hydrogens is 422 g/mol. The number of rotatable bonds is 7. The number of morpholine rings is 1. The van der Waals surface area contributed by atoms with Gasteiger partial charge in [-0.2, -0.15) is 4.31 Å². The van der Waals surface area contributed by atoms with E-state index in [2.05, 4.69) is 5.32 Å². The molecule has 0 radical (unpaired) electrons. The van der Waals surface area contributed by atoms with Gasteiger partial charge < -0.3 is 19.7 Å². The van der Waals surface area contributed by atoms with Crippen molar-refractivity contribution in [2.75, 3.05) is 52.3 Å². The number of sulfonamides is 1. The summed E-state index contributed by atoms with van der Waals surface area (Å²) in [6.45, 7) is 1.48. The molecule has 9 nitrogen and oxygen atoms in total. The highest BCUT2D eigenvalue weighted by Crippen LogP contribution is 2.20. The van der Waals surface area contributed by atoms with Crippen molar-refractivity contribution in [1.82, 2.24) is 9.21 Å². The standard InChI is InChI=1S/C21H25N3O6S/c1-23(31(27,28)17-9-7-16(29-2)8-10-17)15-20(25)22-19-6-4-3-5-18(19)21(26)24-11-13-30-14-12-24/h3-10H,11-15H2,1-2H3,(H,22,25). The van der Waals surface area contributed by atoms with Gasteiger partial charge in [-0.15, -0.1) is 0 Å². The fourth-order valence-corrected chi connectivity index (χ4v) is 4.25. The number of benzene rings is 2. The van der Waals surface area contributed by atoms with Crippen LogP contribution in [-0.4, -0.2) is 76.4 Å². The number of anilines is 1. The molecule has 1 fully saturated rings. The summed E-state index contributed by atoms with van der Waals surface area (Å²) in [5, 5.41) is 2.66. The molecule has 0 atom stereocenters. The highest BCUT2D eigenvalue weighted by Gasteiger charge is 2.25. The number of nitrogens with zero attached hydrogens (tertiary/aromatic N) is 2. The Labute approximate surface area is 181 Å². The van der Waals surface area contributed by atoms with Crippen molar-refractivity contribution in [3.05, 3.63) is 54.1 Å². The minimum Gasteiger partial charge on any atom is -0.497 e. The van der Waals surface area contributed by atoms with Gasteiger partial charge in [-0.05, 0) is 36.4 Å². The first kappa shape index (κ1) is 22.7. The summed E-state index contributed by atoms with van der Waals surface area (Å²) in [7, 11) is -1.06. The van der Waals surface area contributed by atoms with Gasteiger partial charge in [0.15, 0.2) is 0 Å². The van der Waals surface area contributed by atoms with Gasteiger partial charge in [-0.1, -0.05) is 12.1 Å². The minimum atomic E-state index is -3.87. The molecule has 0 aliphatic carbocycles. The van der Waals surface area contributed by atoms with Gasteiger partial charge in [0, 0.05) is 20.1 Å². The molecule has 3 rings (SSSR count). The number of nitrogens with one attached hydrogen (secondary N) is 1. The van der Waals surface area contributed by atoms with Gasteiger partial charge in [0.2, 0.25) is 15.9 Å². The van der Waals surface area contributed by atoms with Crippen molar-refractivity contribution in [1.29, 1.82) is 0 Å². The van der Waals surface area contributed by atoms with E-state index in [-0.39, 0.29) is 10.8 Å². The Morgan fingerprint density at radius 1 is 1.10 bits per heavy atom. The largest absolute Gasteiger partial charge is 0.497 e. The van der Waals surface area contributed by atoms with E-state index in [4.69, 9.17) is 9.47 Å². The molecule has 1 heterocycles. The molecule has 2 amide bonds. The van der Waals surface area contributed by atoms with Crippen molar-refractivity contribution in [2.24, 2.45) is 0 Å². The summed E-state index contributed by atoms with van der Waals surface area (Å²) in [5.41, 5.74) is 0.678. The summed E-state index contributed by atoms with van der Waals surface area (Å²) >= 11 is 0. The first-order valence-electron chi connectivity index (χ1n) is 9.69. The van der Waals surface area contributed by atoms with Crippen molar-refractivity contribution >= 4 is 27.5 Å². The Morgan fingerprint density at radius 2 is 1.74 bits per heavy atom. The van der Waals surface area contributed by atoms with Crippen LogP contribution < -0.4 is 10.1 Å². The van der Waals surface area contributed by atoms with E-state index in [9.17, 15) is 18.0 Å². The Bertz CT molecular complexity index is 1030. The number of ether oxygens (including phenoxy) is 2. The number of carbonyl (C=O) groups is 2. The van der Waals surface area contributed by atoms with Crippen molar-refractivity contribution in [3.63, 3.8) is 0 Å². The van der Waals surface area contributed by atoms with Gasteiger partial charge in [-0.3, -0.25) is 9.59 Å². The third-order valence-corrected chi connectivity index (χ3v) is 6.68.